The van der Waals surface area contributed by atoms with E-state index in [0.29, 0.717) is 0 Å². The Labute approximate surface area is 121 Å². The fraction of sp³-hybridized carbons (Fsp3) is 0.471. The monoisotopic (exact) mass is 273 g/mol. The molecule has 108 valence electrons. The number of likely N-dealkylation sites (tertiary alicyclic amines) is 1. The van der Waals surface area contributed by atoms with Crippen molar-refractivity contribution in [3.63, 3.8) is 0 Å². The Balaban J connectivity index is 2.05. The Morgan fingerprint density at radius 3 is 2.25 bits per heavy atom. The minimum atomic E-state index is 0.139. The van der Waals surface area contributed by atoms with Crippen LogP contribution in [0.25, 0.3) is 5.57 Å². The Hall–Kier alpha value is -1.77. The smallest absolute Gasteiger partial charge is 0.246 e. The summed E-state index contributed by atoms with van der Waals surface area (Å²) in [5.41, 5.74) is 2.07. The van der Waals surface area contributed by atoms with E-state index in [4.69, 9.17) is 4.74 Å². The maximum absolute atomic E-state index is 12.3. The third-order valence-electron chi connectivity index (χ3n) is 3.80. The summed E-state index contributed by atoms with van der Waals surface area (Å²) >= 11 is 0. The van der Waals surface area contributed by atoms with Crippen LogP contribution in [-0.4, -0.2) is 31.0 Å². The second-order valence-electron chi connectivity index (χ2n) is 5.30. The molecule has 0 bridgehead atoms. The predicted octanol–water partition coefficient (Wildman–Crippen LogP) is 3.50. The van der Waals surface area contributed by atoms with Gasteiger partial charge in [0.15, 0.2) is 0 Å². The van der Waals surface area contributed by atoms with Crippen LogP contribution in [0.4, 0.5) is 0 Å². The summed E-state index contributed by atoms with van der Waals surface area (Å²) in [5.74, 6) is 0.973. The van der Waals surface area contributed by atoms with Crippen molar-refractivity contribution >= 4 is 11.5 Å². The first-order valence-corrected chi connectivity index (χ1v) is 7.32. The van der Waals surface area contributed by atoms with Crippen molar-refractivity contribution in [1.82, 2.24) is 4.90 Å². The Morgan fingerprint density at radius 2 is 1.70 bits per heavy atom. The van der Waals surface area contributed by atoms with E-state index in [1.165, 1.54) is 12.8 Å². The van der Waals surface area contributed by atoms with E-state index in [1.54, 1.807) is 13.2 Å². The van der Waals surface area contributed by atoms with Crippen LogP contribution >= 0.6 is 0 Å². The van der Waals surface area contributed by atoms with Crippen LogP contribution in [0.2, 0.25) is 0 Å². The quantitative estimate of drug-likeness (QED) is 0.789. The molecule has 0 spiro atoms. The molecule has 1 aromatic carbocycles. The molecule has 0 unspecified atom stereocenters. The van der Waals surface area contributed by atoms with Gasteiger partial charge in [0.05, 0.1) is 7.11 Å². The Bertz CT molecular complexity index is 468. The van der Waals surface area contributed by atoms with Gasteiger partial charge in [-0.25, -0.2) is 0 Å². The molecular formula is C17H23NO2. The van der Waals surface area contributed by atoms with Crippen molar-refractivity contribution in [1.29, 1.82) is 0 Å². The van der Waals surface area contributed by atoms with Crippen LogP contribution in [0, 0.1) is 0 Å². The number of nitrogens with zero attached hydrogens (tertiary/aromatic N) is 1. The van der Waals surface area contributed by atoms with E-state index in [0.717, 1.165) is 42.8 Å². The van der Waals surface area contributed by atoms with Crippen LogP contribution < -0.4 is 4.74 Å². The number of benzene rings is 1. The molecule has 20 heavy (non-hydrogen) atoms. The van der Waals surface area contributed by atoms with Gasteiger partial charge in [-0.05, 0) is 43.0 Å². The van der Waals surface area contributed by atoms with E-state index >= 15 is 0 Å². The van der Waals surface area contributed by atoms with Crippen molar-refractivity contribution in [3.8, 4) is 5.75 Å². The maximum Gasteiger partial charge on any atom is 0.246 e. The summed E-state index contributed by atoms with van der Waals surface area (Å²) in [6, 6.07) is 7.81. The van der Waals surface area contributed by atoms with Crippen LogP contribution in [0.5, 0.6) is 5.75 Å². The molecule has 0 radical (unpaired) electrons. The fourth-order valence-electron chi connectivity index (χ4n) is 2.50. The highest BCUT2D eigenvalue weighted by atomic mass is 16.5. The molecule has 1 fully saturated rings. The van der Waals surface area contributed by atoms with Gasteiger partial charge in [-0.3, -0.25) is 4.79 Å². The van der Waals surface area contributed by atoms with Crippen molar-refractivity contribution in [2.45, 2.75) is 32.6 Å². The van der Waals surface area contributed by atoms with Crippen molar-refractivity contribution in [3.05, 3.63) is 35.9 Å². The Kier molecular flexibility index (Phi) is 5.22. The van der Waals surface area contributed by atoms with Crippen LogP contribution in [-0.2, 0) is 4.79 Å². The third kappa shape index (κ3) is 3.86. The standard InChI is InChI=1S/C17H23NO2/c1-14(15-7-9-16(20-2)10-8-15)13-17(19)18-11-5-3-4-6-12-18/h7-10,13H,3-6,11-12H2,1-2H3/b14-13+. The summed E-state index contributed by atoms with van der Waals surface area (Å²) in [6.45, 7) is 3.77. The highest BCUT2D eigenvalue weighted by molar-refractivity contribution is 5.94. The largest absolute Gasteiger partial charge is 0.497 e. The Morgan fingerprint density at radius 1 is 1.10 bits per heavy atom. The summed E-state index contributed by atoms with van der Waals surface area (Å²) in [4.78, 5) is 14.3. The van der Waals surface area contributed by atoms with Gasteiger partial charge < -0.3 is 9.64 Å². The van der Waals surface area contributed by atoms with Crippen LogP contribution in [0.3, 0.4) is 0 Å². The molecule has 2 rings (SSSR count). The van der Waals surface area contributed by atoms with Gasteiger partial charge in [0.2, 0.25) is 5.91 Å². The highest BCUT2D eigenvalue weighted by Gasteiger charge is 2.13. The number of hydrogen-bond acceptors (Lipinski definition) is 2. The molecule has 0 N–H and O–H groups in total. The molecule has 1 aromatic rings. The number of carbonyl (C=O) groups is 1. The molecule has 0 aliphatic carbocycles. The average molecular weight is 273 g/mol. The lowest BCUT2D eigenvalue weighted by atomic mass is 10.1. The van der Waals surface area contributed by atoms with Gasteiger partial charge in [0, 0.05) is 19.2 Å². The van der Waals surface area contributed by atoms with Crippen molar-refractivity contribution in [2.75, 3.05) is 20.2 Å². The van der Waals surface area contributed by atoms with Crippen LogP contribution in [0.1, 0.15) is 38.2 Å². The molecule has 1 aliphatic rings. The van der Waals surface area contributed by atoms with Crippen molar-refractivity contribution in [2.24, 2.45) is 0 Å². The molecule has 0 saturated carbocycles. The molecular weight excluding hydrogens is 250 g/mol. The lowest BCUT2D eigenvalue weighted by molar-refractivity contribution is -0.125. The maximum atomic E-state index is 12.3. The minimum Gasteiger partial charge on any atom is -0.497 e. The van der Waals surface area contributed by atoms with E-state index in [2.05, 4.69) is 0 Å². The first-order chi connectivity index (χ1) is 9.70. The van der Waals surface area contributed by atoms with Gasteiger partial charge in [0.25, 0.3) is 0 Å². The topological polar surface area (TPSA) is 29.5 Å². The molecule has 1 saturated heterocycles. The van der Waals surface area contributed by atoms with Gasteiger partial charge in [-0.2, -0.15) is 0 Å². The molecule has 0 aromatic heterocycles. The highest BCUT2D eigenvalue weighted by Crippen LogP contribution is 2.19. The summed E-state index contributed by atoms with van der Waals surface area (Å²) in [6.07, 6.45) is 6.49. The second kappa shape index (κ2) is 7.13. The predicted molar refractivity (Wildman–Crippen MR) is 81.7 cm³/mol. The number of hydrogen-bond donors (Lipinski definition) is 0. The summed E-state index contributed by atoms with van der Waals surface area (Å²) < 4.78 is 5.14. The van der Waals surface area contributed by atoms with Crippen LogP contribution in [0.15, 0.2) is 30.3 Å². The lowest BCUT2D eigenvalue weighted by Crippen LogP contribution is -2.30. The van der Waals surface area contributed by atoms with E-state index in [1.807, 2.05) is 36.1 Å². The summed E-state index contributed by atoms with van der Waals surface area (Å²) in [5, 5.41) is 0. The van der Waals surface area contributed by atoms with E-state index in [9.17, 15) is 4.79 Å². The molecule has 3 heteroatoms. The number of carbonyl (C=O) groups excluding carboxylic acids is 1. The summed E-state index contributed by atoms with van der Waals surface area (Å²) in [7, 11) is 1.65. The van der Waals surface area contributed by atoms with Gasteiger partial charge in [-0.1, -0.05) is 25.0 Å². The zero-order valence-corrected chi connectivity index (χ0v) is 12.4. The minimum absolute atomic E-state index is 0.139. The van der Waals surface area contributed by atoms with E-state index in [-0.39, 0.29) is 5.91 Å². The number of amides is 1. The molecule has 0 atom stereocenters. The number of ether oxygens (including phenoxy) is 1. The molecule has 1 amide bonds. The van der Waals surface area contributed by atoms with Crippen molar-refractivity contribution < 1.29 is 9.53 Å². The third-order valence-corrected chi connectivity index (χ3v) is 3.80. The lowest BCUT2D eigenvalue weighted by Gasteiger charge is -2.18. The second-order valence-corrected chi connectivity index (χ2v) is 5.30. The number of allylic oxidation sites excluding steroid dienone is 1. The zero-order valence-electron chi connectivity index (χ0n) is 12.4. The molecule has 1 aliphatic heterocycles. The van der Waals surface area contributed by atoms with Gasteiger partial charge >= 0.3 is 0 Å². The SMILES string of the molecule is COc1ccc(/C(C)=C/C(=O)N2CCCCCC2)cc1. The normalized spacial score (nSPS) is 16.7. The molecule has 3 nitrogen and oxygen atoms in total. The average Bonchev–Trinajstić information content (AvgIpc) is 2.76. The van der Waals surface area contributed by atoms with E-state index < -0.39 is 0 Å². The molecule has 1 heterocycles. The van der Waals surface area contributed by atoms with Gasteiger partial charge in [-0.15, -0.1) is 0 Å². The zero-order chi connectivity index (χ0) is 14.4. The number of rotatable bonds is 3. The van der Waals surface area contributed by atoms with Gasteiger partial charge in [0.1, 0.15) is 5.75 Å². The number of methoxy groups -OCH3 is 1. The first-order valence-electron chi connectivity index (χ1n) is 7.32. The first kappa shape index (κ1) is 14.6. The fourth-order valence-corrected chi connectivity index (χ4v) is 2.50.